The number of hydrogen-bond donors (Lipinski definition) is 0. The summed E-state index contributed by atoms with van der Waals surface area (Å²) in [7, 11) is -2.25. The van der Waals surface area contributed by atoms with E-state index in [2.05, 4.69) is 23.4 Å². The minimum atomic E-state index is -3.71. The number of aromatic nitrogens is 3. The zero-order valence-corrected chi connectivity index (χ0v) is 19.5. The molecule has 0 N–H and O–H groups in total. The first kappa shape index (κ1) is 22.0. The summed E-state index contributed by atoms with van der Waals surface area (Å²) in [5.74, 6) is 1.78. The van der Waals surface area contributed by atoms with Gasteiger partial charge in [-0.2, -0.15) is 4.31 Å². The molecular weight excluding hydrogens is 436 g/mol. The van der Waals surface area contributed by atoms with Gasteiger partial charge in [-0.05, 0) is 49.1 Å². The van der Waals surface area contributed by atoms with Gasteiger partial charge in [-0.3, -0.25) is 0 Å². The SMILES string of the molecule is COc1ccc(Cl)cc1S(=O)(=O)N1CCC(n2c(CC(C)C)nc3cccnc32)CC1. The summed E-state index contributed by atoms with van der Waals surface area (Å²) >= 11 is 6.07. The molecule has 3 aromatic rings. The van der Waals surface area contributed by atoms with E-state index in [9.17, 15) is 8.42 Å². The summed E-state index contributed by atoms with van der Waals surface area (Å²) in [4.78, 5) is 9.49. The molecule has 1 aliphatic heterocycles. The van der Waals surface area contributed by atoms with Crippen LogP contribution in [0.4, 0.5) is 0 Å². The number of nitrogens with zero attached hydrogens (tertiary/aromatic N) is 4. The van der Waals surface area contributed by atoms with Gasteiger partial charge in [0.05, 0.1) is 7.11 Å². The summed E-state index contributed by atoms with van der Waals surface area (Å²) in [5.41, 5.74) is 1.76. The first-order chi connectivity index (χ1) is 14.8. The van der Waals surface area contributed by atoms with Crippen molar-refractivity contribution < 1.29 is 13.2 Å². The van der Waals surface area contributed by atoms with Gasteiger partial charge >= 0.3 is 0 Å². The number of rotatable bonds is 6. The summed E-state index contributed by atoms with van der Waals surface area (Å²) in [6.07, 6.45) is 4.02. The van der Waals surface area contributed by atoms with Crippen molar-refractivity contribution in [2.24, 2.45) is 5.92 Å². The Morgan fingerprint density at radius 1 is 1.23 bits per heavy atom. The lowest BCUT2D eigenvalue weighted by atomic mass is 10.1. The Morgan fingerprint density at radius 2 is 1.97 bits per heavy atom. The zero-order chi connectivity index (χ0) is 22.2. The van der Waals surface area contributed by atoms with E-state index in [1.807, 2.05) is 12.1 Å². The Morgan fingerprint density at radius 3 is 2.65 bits per heavy atom. The monoisotopic (exact) mass is 462 g/mol. The summed E-state index contributed by atoms with van der Waals surface area (Å²) in [6.45, 7) is 5.17. The lowest BCUT2D eigenvalue weighted by Gasteiger charge is -2.33. The van der Waals surface area contributed by atoms with Crippen molar-refractivity contribution in [3.8, 4) is 5.75 Å². The van der Waals surface area contributed by atoms with E-state index in [1.54, 1.807) is 18.3 Å². The fourth-order valence-corrected chi connectivity index (χ4v) is 6.09. The molecular formula is C22H27ClN4O3S. The molecule has 0 spiro atoms. The second kappa shape index (κ2) is 8.76. The number of ether oxygens (including phenoxy) is 1. The van der Waals surface area contributed by atoms with Crippen LogP contribution < -0.4 is 4.74 Å². The topological polar surface area (TPSA) is 77.3 Å². The van der Waals surface area contributed by atoms with Gasteiger partial charge in [-0.15, -0.1) is 0 Å². The van der Waals surface area contributed by atoms with Crippen LogP contribution in [0.15, 0.2) is 41.4 Å². The van der Waals surface area contributed by atoms with Crippen LogP contribution in [0.1, 0.15) is 38.6 Å². The Labute approximate surface area is 188 Å². The molecule has 0 atom stereocenters. The average Bonchev–Trinajstić information content (AvgIpc) is 3.10. The Hall–Kier alpha value is -2.16. The molecule has 1 saturated heterocycles. The third-order valence-electron chi connectivity index (χ3n) is 5.64. The van der Waals surface area contributed by atoms with Crippen LogP contribution in [0.25, 0.3) is 11.2 Å². The number of methoxy groups -OCH3 is 1. The molecule has 0 amide bonds. The number of hydrogen-bond acceptors (Lipinski definition) is 5. The van der Waals surface area contributed by atoms with Crippen LogP contribution in [-0.2, 0) is 16.4 Å². The number of halogens is 1. The summed E-state index contributed by atoms with van der Waals surface area (Å²) in [5, 5.41) is 0.364. The fraction of sp³-hybridized carbons (Fsp3) is 0.455. The molecule has 0 aliphatic carbocycles. The number of imidazole rings is 1. The highest BCUT2D eigenvalue weighted by Crippen LogP contribution is 2.34. The maximum absolute atomic E-state index is 13.3. The molecule has 0 unspecified atom stereocenters. The van der Waals surface area contributed by atoms with Crippen LogP contribution in [0.2, 0.25) is 5.02 Å². The molecule has 2 aromatic heterocycles. The molecule has 0 saturated carbocycles. The van der Waals surface area contributed by atoms with E-state index in [0.29, 0.717) is 42.6 Å². The Bertz CT molecular complexity index is 1180. The molecule has 31 heavy (non-hydrogen) atoms. The third kappa shape index (κ3) is 4.29. The van der Waals surface area contributed by atoms with Crippen LogP contribution in [-0.4, -0.2) is 47.5 Å². The fourth-order valence-electron chi connectivity index (χ4n) is 4.20. The van der Waals surface area contributed by atoms with Gasteiger partial charge in [-0.25, -0.2) is 18.4 Å². The van der Waals surface area contributed by atoms with Crippen molar-refractivity contribution in [2.75, 3.05) is 20.2 Å². The highest BCUT2D eigenvalue weighted by molar-refractivity contribution is 7.89. The van der Waals surface area contributed by atoms with E-state index in [0.717, 1.165) is 23.4 Å². The van der Waals surface area contributed by atoms with Gasteiger partial charge in [-0.1, -0.05) is 25.4 Å². The van der Waals surface area contributed by atoms with Gasteiger partial charge in [0.25, 0.3) is 0 Å². The quantitative estimate of drug-likeness (QED) is 0.545. The van der Waals surface area contributed by atoms with E-state index in [-0.39, 0.29) is 10.9 Å². The Kier molecular flexibility index (Phi) is 6.23. The van der Waals surface area contributed by atoms with Crippen LogP contribution in [0.5, 0.6) is 5.75 Å². The third-order valence-corrected chi connectivity index (χ3v) is 7.80. The lowest BCUT2D eigenvalue weighted by molar-refractivity contribution is 0.271. The van der Waals surface area contributed by atoms with Crippen LogP contribution in [0.3, 0.4) is 0 Å². The predicted molar refractivity (Wildman–Crippen MR) is 121 cm³/mol. The molecule has 0 bridgehead atoms. The van der Waals surface area contributed by atoms with Crippen molar-refractivity contribution >= 4 is 32.8 Å². The summed E-state index contributed by atoms with van der Waals surface area (Å²) in [6, 6.07) is 8.69. The van der Waals surface area contributed by atoms with E-state index in [4.69, 9.17) is 21.3 Å². The molecule has 4 rings (SSSR count). The van der Waals surface area contributed by atoms with E-state index < -0.39 is 10.0 Å². The zero-order valence-electron chi connectivity index (χ0n) is 18.0. The van der Waals surface area contributed by atoms with Crippen molar-refractivity contribution in [3.63, 3.8) is 0 Å². The van der Waals surface area contributed by atoms with Gasteiger partial charge in [0.2, 0.25) is 10.0 Å². The van der Waals surface area contributed by atoms with E-state index in [1.165, 1.54) is 17.5 Å². The maximum atomic E-state index is 13.3. The molecule has 3 heterocycles. The van der Waals surface area contributed by atoms with Gasteiger partial charge in [0, 0.05) is 36.8 Å². The molecule has 1 aliphatic rings. The molecule has 9 heteroatoms. The lowest BCUT2D eigenvalue weighted by Crippen LogP contribution is -2.39. The van der Waals surface area contributed by atoms with Gasteiger partial charge in [0.1, 0.15) is 22.0 Å². The Balaban J connectivity index is 1.60. The smallest absolute Gasteiger partial charge is 0.246 e. The minimum absolute atomic E-state index is 0.108. The van der Waals surface area contributed by atoms with Crippen molar-refractivity contribution in [1.82, 2.24) is 18.8 Å². The highest BCUT2D eigenvalue weighted by Gasteiger charge is 2.33. The molecule has 1 fully saturated rings. The summed E-state index contributed by atoms with van der Waals surface area (Å²) < 4.78 is 35.6. The van der Waals surface area contributed by atoms with E-state index >= 15 is 0 Å². The largest absolute Gasteiger partial charge is 0.495 e. The molecule has 7 nitrogen and oxygen atoms in total. The second-order valence-corrected chi connectivity index (χ2v) is 10.6. The van der Waals surface area contributed by atoms with Crippen molar-refractivity contribution in [2.45, 2.75) is 44.0 Å². The second-order valence-electron chi connectivity index (χ2n) is 8.27. The number of fused-ring (bicyclic) bond motifs is 1. The highest BCUT2D eigenvalue weighted by atomic mass is 35.5. The number of benzene rings is 1. The first-order valence-electron chi connectivity index (χ1n) is 10.5. The standard InChI is InChI=1S/C22H27ClN4O3S/c1-15(2)13-21-25-18-5-4-10-24-22(18)27(21)17-8-11-26(12-9-17)31(28,29)20-14-16(23)6-7-19(20)30-3/h4-7,10,14-15,17H,8-9,11-13H2,1-3H3. The van der Waals surface area contributed by atoms with Gasteiger partial charge < -0.3 is 9.30 Å². The van der Waals surface area contributed by atoms with Gasteiger partial charge in [0.15, 0.2) is 5.65 Å². The van der Waals surface area contributed by atoms with Crippen molar-refractivity contribution in [1.29, 1.82) is 0 Å². The van der Waals surface area contributed by atoms with Crippen LogP contribution >= 0.6 is 11.6 Å². The van der Waals surface area contributed by atoms with Crippen LogP contribution in [0, 0.1) is 5.92 Å². The first-order valence-corrected chi connectivity index (χ1v) is 12.3. The molecule has 1 aromatic carbocycles. The number of pyridine rings is 1. The average molecular weight is 463 g/mol. The number of sulfonamides is 1. The normalized spacial score (nSPS) is 16.3. The van der Waals surface area contributed by atoms with Crippen molar-refractivity contribution in [3.05, 3.63) is 47.4 Å². The minimum Gasteiger partial charge on any atom is -0.495 e. The molecule has 166 valence electrons. The predicted octanol–water partition coefficient (Wildman–Crippen LogP) is 4.32. The number of piperidine rings is 1. The molecule has 0 radical (unpaired) electrons. The maximum Gasteiger partial charge on any atom is 0.246 e.